The van der Waals surface area contributed by atoms with Gasteiger partial charge >= 0.3 is 6.03 Å². The van der Waals surface area contributed by atoms with Crippen molar-refractivity contribution < 1.29 is 14.4 Å². The zero-order chi connectivity index (χ0) is 15.1. The predicted octanol–water partition coefficient (Wildman–Crippen LogP) is 2.52. The molecule has 4 rings (SSSR count). The van der Waals surface area contributed by atoms with Crippen LogP contribution in [0, 0.1) is 5.92 Å². The number of carbonyl (C=O) groups excluding carboxylic acids is 1. The molecule has 3 fully saturated rings. The number of fused-ring (bicyclic) bond motifs is 2. The van der Waals surface area contributed by atoms with Gasteiger partial charge in [-0.2, -0.15) is 0 Å². The molecule has 1 aliphatic carbocycles. The molecule has 3 aliphatic rings. The summed E-state index contributed by atoms with van der Waals surface area (Å²) in [6.07, 6.45) is 8.79. The Kier molecular flexibility index (Phi) is 3.52. The fourth-order valence-corrected chi connectivity index (χ4v) is 3.73. The lowest BCUT2D eigenvalue weighted by Crippen LogP contribution is -2.34. The molecule has 0 radical (unpaired) electrons. The second-order valence-electron chi connectivity index (χ2n) is 6.75. The number of rotatable bonds is 5. The minimum atomic E-state index is -0.350. The average molecular weight is 306 g/mol. The van der Waals surface area contributed by atoms with Crippen LogP contribution >= 0.6 is 0 Å². The minimum Gasteiger partial charge on any atom is -0.423 e. The number of urea groups is 1. The molecule has 0 spiro atoms. The standard InChI is InChI=1S/C15H22N4O3/c20-15-18-9-11(19(15)21)7-8-12(18)14-17-16-13(22-14)6-2-5-10-3-1-4-10/h10-12,21H,1-9H2/t11-,12+/m1/s1. The first kappa shape index (κ1) is 14.0. The molecule has 7 nitrogen and oxygen atoms in total. The Hall–Kier alpha value is -1.63. The van der Waals surface area contributed by atoms with Gasteiger partial charge in [-0.15, -0.1) is 10.2 Å². The first-order valence-electron chi connectivity index (χ1n) is 8.33. The fraction of sp³-hybridized carbons (Fsp3) is 0.800. The van der Waals surface area contributed by atoms with Crippen molar-refractivity contribution in [1.29, 1.82) is 0 Å². The number of aromatic nitrogens is 2. The van der Waals surface area contributed by atoms with Crippen molar-refractivity contribution in [2.24, 2.45) is 5.92 Å². The number of carbonyl (C=O) groups is 1. The molecule has 1 aromatic heterocycles. The molecule has 3 heterocycles. The van der Waals surface area contributed by atoms with E-state index in [0.29, 0.717) is 18.3 Å². The summed E-state index contributed by atoms with van der Waals surface area (Å²) in [5, 5.41) is 18.8. The highest BCUT2D eigenvalue weighted by atomic mass is 16.5. The van der Waals surface area contributed by atoms with Crippen molar-refractivity contribution in [2.45, 2.75) is 63.5 Å². The van der Waals surface area contributed by atoms with Crippen LogP contribution in [0.25, 0.3) is 0 Å². The van der Waals surface area contributed by atoms with Crippen LogP contribution in [0.1, 0.15) is 62.8 Å². The van der Waals surface area contributed by atoms with Crippen molar-refractivity contribution in [3.63, 3.8) is 0 Å². The van der Waals surface area contributed by atoms with Crippen LogP contribution < -0.4 is 0 Å². The second kappa shape index (κ2) is 5.53. The molecule has 2 saturated heterocycles. The zero-order valence-electron chi connectivity index (χ0n) is 12.6. The van der Waals surface area contributed by atoms with E-state index in [9.17, 15) is 10.0 Å². The Morgan fingerprint density at radius 3 is 2.86 bits per heavy atom. The lowest BCUT2D eigenvalue weighted by molar-refractivity contribution is -0.0584. The topological polar surface area (TPSA) is 82.7 Å². The zero-order valence-corrected chi connectivity index (χ0v) is 12.6. The number of hydrogen-bond acceptors (Lipinski definition) is 5. The number of piperidine rings is 1. The summed E-state index contributed by atoms with van der Waals surface area (Å²) in [6.45, 7) is 0.541. The van der Waals surface area contributed by atoms with Crippen molar-refractivity contribution in [1.82, 2.24) is 20.2 Å². The Bertz CT molecular complexity index is 557. The molecular weight excluding hydrogens is 284 g/mol. The van der Waals surface area contributed by atoms with E-state index in [0.717, 1.165) is 36.7 Å². The van der Waals surface area contributed by atoms with Gasteiger partial charge < -0.3 is 9.32 Å². The fourth-order valence-electron chi connectivity index (χ4n) is 3.73. The van der Waals surface area contributed by atoms with Crippen molar-refractivity contribution in [3.8, 4) is 0 Å². The van der Waals surface area contributed by atoms with E-state index in [4.69, 9.17) is 4.42 Å². The number of amides is 2. The normalized spacial score (nSPS) is 28.3. The van der Waals surface area contributed by atoms with E-state index in [1.807, 2.05) is 0 Å². The number of hydrogen-bond donors (Lipinski definition) is 1. The van der Waals surface area contributed by atoms with Crippen LogP contribution in [0.4, 0.5) is 4.79 Å². The van der Waals surface area contributed by atoms with Gasteiger partial charge in [-0.1, -0.05) is 19.3 Å². The van der Waals surface area contributed by atoms with Crippen molar-refractivity contribution >= 4 is 6.03 Å². The molecule has 0 unspecified atom stereocenters. The summed E-state index contributed by atoms with van der Waals surface area (Å²) >= 11 is 0. The molecule has 1 N–H and O–H groups in total. The van der Waals surface area contributed by atoms with Gasteiger partial charge in [0.15, 0.2) is 0 Å². The molecule has 0 aromatic carbocycles. The Balaban J connectivity index is 1.37. The number of hydroxylamine groups is 2. The van der Waals surface area contributed by atoms with Gasteiger partial charge in [-0.25, -0.2) is 9.86 Å². The maximum atomic E-state index is 12.0. The van der Waals surface area contributed by atoms with Crippen LogP contribution in [-0.4, -0.2) is 44.0 Å². The van der Waals surface area contributed by atoms with Crippen LogP contribution in [-0.2, 0) is 6.42 Å². The van der Waals surface area contributed by atoms with Gasteiger partial charge in [0, 0.05) is 13.0 Å². The van der Waals surface area contributed by atoms with Crippen LogP contribution in [0.2, 0.25) is 0 Å². The smallest absolute Gasteiger partial charge is 0.344 e. The molecular formula is C15H22N4O3. The minimum absolute atomic E-state index is 0.0892. The van der Waals surface area contributed by atoms with E-state index >= 15 is 0 Å². The molecule has 2 amide bonds. The summed E-state index contributed by atoms with van der Waals surface area (Å²) < 4.78 is 5.77. The highest BCUT2D eigenvalue weighted by Crippen LogP contribution is 2.37. The molecule has 2 aliphatic heterocycles. The van der Waals surface area contributed by atoms with E-state index in [1.165, 1.54) is 25.7 Å². The third kappa shape index (κ3) is 2.37. The molecule has 2 atom stereocenters. The summed E-state index contributed by atoms with van der Waals surface area (Å²) in [7, 11) is 0. The molecule has 1 aromatic rings. The lowest BCUT2D eigenvalue weighted by atomic mass is 9.82. The van der Waals surface area contributed by atoms with Crippen molar-refractivity contribution in [2.75, 3.05) is 6.54 Å². The van der Waals surface area contributed by atoms with Crippen LogP contribution in [0.3, 0.4) is 0 Å². The predicted molar refractivity (Wildman–Crippen MR) is 76.1 cm³/mol. The Morgan fingerprint density at radius 2 is 2.09 bits per heavy atom. The highest BCUT2D eigenvalue weighted by Gasteiger charge is 2.46. The largest absolute Gasteiger partial charge is 0.423 e. The SMILES string of the molecule is O=C1N(O)[C@@H]2CC[C@@H](c3nnc(CCCC4CCC4)o3)N1C2. The lowest BCUT2D eigenvalue weighted by Gasteiger charge is -2.27. The summed E-state index contributed by atoms with van der Waals surface area (Å²) in [4.78, 5) is 13.6. The molecule has 1 saturated carbocycles. The van der Waals surface area contributed by atoms with E-state index < -0.39 is 0 Å². The molecule has 2 bridgehead atoms. The molecule has 7 heteroatoms. The Labute approximate surface area is 129 Å². The summed E-state index contributed by atoms with van der Waals surface area (Å²) in [5.41, 5.74) is 0. The first-order chi connectivity index (χ1) is 10.7. The van der Waals surface area contributed by atoms with Gasteiger partial charge in [-0.3, -0.25) is 5.21 Å². The molecule has 22 heavy (non-hydrogen) atoms. The van der Waals surface area contributed by atoms with Crippen molar-refractivity contribution in [3.05, 3.63) is 11.8 Å². The third-order valence-corrected chi connectivity index (χ3v) is 5.34. The average Bonchev–Trinajstić information content (AvgIpc) is 3.03. The van der Waals surface area contributed by atoms with Gasteiger partial charge in [-0.05, 0) is 31.6 Å². The molecule has 120 valence electrons. The van der Waals surface area contributed by atoms with Gasteiger partial charge in [0.1, 0.15) is 6.04 Å². The van der Waals surface area contributed by atoms with Gasteiger partial charge in [0.25, 0.3) is 0 Å². The number of aryl methyl sites for hydroxylation is 1. The van der Waals surface area contributed by atoms with E-state index in [1.54, 1.807) is 4.90 Å². The summed E-state index contributed by atoms with van der Waals surface area (Å²) in [6, 6.07) is -0.625. The quantitative estimate of drug-likeness (QED) is 0.845. The van der Waals surface area contributed by atoms with Crippen LogP contribution in [0.15, 0.2) is 4.42 Å². The summed E-state index contributed by atoms with van der Waals surface area (Å²) in [5.74, 6) is 2.08. The highest BCUT2D eigenvalue weighted by molar-refractivity contribution is 5.76. The van der Waals surface area contributed by atoms with Crippen LogP contribution in [0.5, 0.6) is 0 Å². The van der Waals surface area contributed by atoms with E-state index in [2.05, 4.69) is 10.2 Å². The first-order valence-corrected chi connectivity index (χ1v) is 8.33. The maximum absolute atomic E-state index is 12.0. The van der Waals surface area contributed by atoms with E-state index in [-0.39, 0.29) is 18.1 Å². The van der Waals surface area contributed by atoms with Gasteiger partial charge in [0.05, 0.1) is 6.04 Å². The third-order valence-electron chi connectivity index (χ3n) is 5.34. The maximum Gasteiger partial charge on any atom is 0.344 e. The van der Waals surface area contributed by atoms with Gasteiger partial charge in [0.2, 0.25) is 11.8 Å². The second-order valence-corrected chi connectivity index (χ2v) is 6.75. The number of nitrogens with zero attached hydrogens (tertiary/aromatic N) is 4. The Morgan fingerprint density at radius 1 is 1.23 bits per heavy atom. The monoisotopic (exact) mass is 306 g/mol.